The van der Waals surface area contributed by atoms with Gasteiger partial charge in [-0.3, -0.25) is 4.79 Å². The predicted molar refractivity (Wildman–Crippen MR) is 84.9 cm³/mol. The highest BCUT2D eigenvalue weighted by Crippen LogP contribution is 2.15. The van der Waals surface area contributed by atoms with Crippen molar-refractivity contribution in [3.8, 4) is 0 Å². The number of aromatic nitrogens is 1. The lowest BCUT2D eigenvalue weighted by Gasteiger charge is -2.18. The van der Waals surface area contributed by atoms with E-state index in [4.69, 9.17) is 0 Å². The molecule has 3 rings (SSSR count). The summed E-state index contributed by atoms with van der Waals surface area (Å²) >= 11 is 0. The number of para-hydroxylation sites is 1. The maximum absolute atomic E-state index is 12.4. The van der Waals surface area contributed by atoms with Crippen molar-refractivity contribution in [1.29, 1.82) is 0 Å². The zero-order valence-electron chi connectivity index (χ0n) is 12.1. The number of hydrogen-bond acceptors (Lipinski definition) is 1. The average molecular weight is 278 g/mol. The van der Waals surface area contributed by atoms with Gasteiger partial charge in [0.1, 0.15) is 6.54 Å². The first kappa shape index (κ1) is 13.4. The zero-order valence-corrected chi connectivity index (χ0v) is 12.1. The Hall–Kier alpha value is -2.55. The minimum absolute atomic E-state index is 0.111. The molecular weight excluding hydrogens is 260 g/mol. The maximum Gasteiger partial charge on any atom is 0.242 e. The molecular formula is C18H18N2O. The van der Waals surface area contributed by atoms with Gasteiger partial charge < -0.3 is 9.47 Å². The van der Waals surface area contributed by atoms with Crippen molar-refractivity contribution in [2.45, 2.75) is 13.1 Å². The molecule has 0 radical (unpaired) electrons. The number of carbonyl (C=O) groups is 1. The Bertz CT molecular complexity index is 746. The minimum atomic E-state index is 0.111. The van der Waals surface area contributed by atoms with Crippen LogP contribution in [0.15, 0.2) is 66.9 Å². The third-order valence-electron chi connectivity index (χ3n) is 3.67. The highest BCUT2D eigenvalue weighted by molar-refractivity contribution is 5.83. The zero-order chi connectivity index (χ0) is 14.7. The van der Waals surface area contributed by atoms with Crippen LogP contribution in [0.25, 0.3) is 10.9 Å². The Morgan fingerprint density at radius 3 is 2.52 bits per heavy atom. The lowest BCUT2D eigenvalue weighted by Crippen LogP contribution is -2.29. The van der Waals surface area contributed by atoms with Gasteiger partial charge in [-0.2, -0.15) is 0 Å². The molecule has 0 unspecified atom stereocenters. The van der Waals surface area contributed by atoms with Gasteiger partial charge in [0.05, 0.1) is 0 Å². The molecule has 0 bridgehead atoms. The van der Waals surface area contributed by atoms with Gasteiger partial charge in [0.2, 0.25) is 5.91 Å². The summed E-state index contributed by atoms with van der Waals surface area (Å²) in [6, 6.07) is 20.2. The standard InChI is InChI=1S/C18H18N2O/c1-19(13-15-7-3-2-4-8-15)18(21)14-20-12-11-16-9-5-6-10-17(16)20/h2-12H,13-14H2,1H3. The maximum atomic E-state index is 12.4. The molecule has 21 heavy (non-hydrogen) atoms. The summed E-state index contributed by atoms with van der Waals surface area (Å²) in [5.41, 5.74) is 2.24. The number of fused-ring (bicyclic) bond motifs is 1. The molecule has 3 nitrogen and oxygen atoms in total. The number of likely N-dealkylation sites (N-methyl/N-ethyl adjacent to an activating group) is 1. The number of amides is 1. The first-order chi connectivity index (χ1) is 10.2. The van der Waals surface area contributed by atoms with Gasteiger partial charge >= 0.3 is 0 Å². The number of carbonyl (C=O) groups excluding carboxylic acids is 1. The Morgan fingerprint density at radius 1 is 1.00 bits per heavy atom. The van der Waals surface area contributed by atoms with Gasteiger partial charge in [0.25, 0.3) is 0 Å². The Kier molecular flexibility index (Phi) is 3.73. The van der Waals surface area contributed by atoms with E-state index in [9.17, 15) is 4.79 Å². The number of rotatable bonds is 4. The van der Waals surface area contributed by atoms with Crippen molar-refractivity contribution < 1.29 is 4.79 Å². The quantitative estimate of drug-likeness (QED) is 0.719. The molecule has 0 saturated carbocycles. The third kappa shape index (κ3) is 2.97. The van der Waals surface area contributed by atoms with Gasteiger partial charge in [0, 0.05) is 25.3 Å². The second-order valence-corrected chi connectivity index (χ2v) is 5.24. The van der Waals surface area contributed by atoms with E-state index in [1.807, 2.05) is 72.4 Å². The predicted octanol–water partition coefficient (Wildman–Crippen LogP) is 3.30. The molecule has 1 aromatic heterocycles. The first-order valence-electron chi connectivity index (χ1n) is 7.06. The molecule has 0 spiro atoms. The second-order valence-electron chi connectivity index (χ2n) is 5.24. The van der Waals surface area contributed by atoms with Crippen LogP contribution < -0.4 is 0 Å². The van der Waals surface area contributed by atoms with Crippen LogP contribution >= 0.6 is 0 Å². The Balaban J connectivity index is 1.71. The van der Waals surface area contributed by atoms with Crippen LogP contribution in [0.3, 0.4) is 0 Å². The SMILES string of the molecule is CN(Cc1ccccc1)C(=O)Cn1ccc2ccccc21. The average Bonchev–Trinajstić information content (AvgIpc) is 2.91. The van der Waals surface area contributed by atoms with Gasteiger partial charge in [-0.05, 0) is 23.1 Å². The summed E-state index contributed by atoms with van der Waals surface area (Å²) in [6.07, 6.45) is 1.97. The molecule has 0 aliphatic heterocycles. The number of hydrogen-bond donors (Lipinski definition) is 0. The summed E-state index contributed by atoms with van der Waals surface area (Å²) in [5.74, 6) is 0.111. The summed E-state index contributed by atoms with van der Waals surface area (Å²) < 4.78 is 2.00. The van der Waals surface area contributed by atoms with Crippen LogP contribution in [0.5, 0.6) is 0 Å². The molecule has 0 N–H and O–H groups in total. The molecule has 0 saturated heterocycles. The lowest BCUT2D eigenvalue weighted by atomic mass is 10.2. The molecule has 106 valence electrons. The summed E-state index contributed by atoms with van der Waals surface area (Å²) in [6.45, 7) is 1.01. The molecule has 0 aliphatic carbocycles. The van der Waals surface area contributed by atoms with Gasteiger partial charge in [-0.1, -0.05) is 48.5 Å². The van der Waals surface area contributed by atoms with E-state index in [0.717, 1.165) is 16.5 Å². The Labute approximate surface area is 124 Å². The van der Waals surface area contributed by atoms with Crippen LogP contribution in [-0.2, 0) is 17.9 Å². The fourth-order valence-electron chi connectivity index (χ4n) is 2.49. The highest BCUT2D eigenvalue weighted by atomic mass is 16.2. The first-order valence-corrected chi connectivity index (χ1v) is 7.06. The number of benzene rings is 2. The monoisotopic (exact) mass is 278 g/mol. The van der Waals surface area contributed by atoms with E-state index >= 15 is 0 Å². The van der Waals surface area contributed by atoms with Gasteiger partial charge in [-0.25, -0.2) is 0 Å². The van der Waals surface area contributed by atoms with Gasteiger partial charge in [0.15, 0.2) is 0 Å². The van der Waals surface area contributed by atoms with Crippen LogP contribution in [0.1, 0.15) is 5.56 Å². The van der Waals surface area contributed by atoms with Crippen molar-refractivity contribution in [3.05, 3.63) is 72.4 Å². The van der Waals surface area contributed by atoms with Crippen molar-refractivity contribution in [2.75, 3.05) is 7.05 Å². The fourth-order valence-corrected chi connectivity index (χ4v) is 2.49. The topological polar surface area (TPSA) is 25.2 Å². The van der Waals surface area contributed by atoms with Crippen LogP contribution in [0.2, 0.25) is 0 Å². The van der Waals surface area contributed by atoms with Crippen molar-refractivity contribution in [1.82, 2.24) is 9.47 Å². The van der Waals surface area contributed by atoms with E-state index in [0.29, 0.717) is 13.1 Å². The molecule has 3 aromatic rings. The second kappa shape index (κ2) is 5.83. The van der Waals surface area contributed by atoms with E-state index in [2.05, 4.69) is 6.07 Å². The van der Waals surface area contributed by atoms with E-state index < -0.39 is 0 Å². The molecule has 1 heterocycles. The normalized spacial score (nSPS) is 10.7. The van der Waals surface area contributed by atoms with E-state index in [-0.39, 0.29) is 5.91 Å². The lowest BCUT2D eigenvalue weighted by molar-refractivity contribution is -0.131. The van der Waals surface area contributed by atoms with E-state index in [1.54, 1.807) is 4.90 Å². The molecule has 0 fully saturated rings. The van der Waals surface area contributed by atoms with Crippen molar-refractivity contribution >= 4 is 16.8 Å². The largest absolute Gasteiger partial charge is 0.340 e. The highest BCUT2D eigenvalue weighted by Gasteiger charge is 2.11. The molecule has 0 aliphatic rings. The van der Waals surface area contributed by atoms with Crippen molar-refractivity contribution in [2.24, 2.45) is 0 Å². The summed E-state index contributed by atoms with van der Waals surface area (Å²) in [4.78, 5) is 14.1. The van der Waals surface area contributed by atoms with Crippen LogP contribution in [-0.4, -0.2) is 22.4 Å². The van der Waals surface area contributed by atoms with Crippen LogP contribution in [0.4, 0.5) is 0 Å². The molecule has 1 amide bonds. The smallest absolute Gasteiger partial charge is 0.242 e. The minimum Gasteiger partial charge on any atom is -0.340 e. The molecule has 2 aromatic carbocycles. The van der Waals surface area contributed by atoms with E-state index in [1.165, 1.54) is 0 Å². The van der Waals surface area contributed by atoms with Gasteiger partial charge in [-0.15, -0.1) is 0 Å². The summed E-state index contributed by atoms with van der Waals surface area (Å²) in [5, 5.41) is 1.16. The van der Waals surface area contributed by atoms with Crippen LogP contribution in [0, 0.1) is 0 Å². The fraction of sp³-hybridized carbons (Fsp3) is 0.167. The third-order valence-corrected chi connectivity index (χ3v) is 3.67. The Morgan fingerprint density at radius 2 is 1.71 bits per heavy atom. The molecule has 3 heteroatoms. The molecule has 0 atom stereocenters. The van der Waals surface area contributed by atoms with Crippen molar-refractivity contribution in [3.63, 3.8) is 0 Å². The summed E-state index contributed by atoms with van der Waals surface area (Å²) in [7, 11) is 1.85. The number of nitrogens with zero attached hydrogens (tertiary/aromatic N) is 2.